The molecule has 2 aromatic carbocycles. The number of allylic oxidation sites excluding steroid dienone is 1. The average molecular weight is 317 g/mol. The van der Waals surface area contributed by atoms with Gasteiger partial charge in [-0.1, -0.05) is 42.5 Å². The van der Waals surface area contributed by atoms with Crippen LogP contribution in [0.5, 0.6) is 0 Å². The number of amides is 1. The van der Waals surface area contributed by atoms with E-state index in [0.717, 1.165) is 36.1 Å². The summed E-state index contributed by atoms with van der Waals surface area (Å²) in [6.07, 6.45) is 6.90. The molecule has 3 heteroatoms. The first-order valence-electron chi connectivity index (χ1n) is 8.49. The summed E-state index contributed by atoms with van der Waals surface area (Å²) in [6.45, 7) is 0. The zero-order chi connectivity index (χ0) is 16.5. The number of hydrogen-bond acceptors (Lipinski definition) is 2. The van der Waals surface area contributed by atoms with Crippen molar-refractivity contribution < 1.29 is 9.59 Å². The van der Waals surface area contributed by atoms with Crippen LogP contribution in [0.4, 0.5) is 5.69 Å². The molecule has 0 atom stereocenters. The van der Waals surface area contributed by atoms with Gasteiger partial charge in [0.2, 0.25) is 0 Å². The van der Waals surface area contributed by atoms with Crippen LogP contribution < -0.4 is 5.32 Å². The molecule has 2 aliphatic rings. The van der Waals surface area contributed by atoms with Gasteiger partial charge in [0.25, 0.3) is 11.7 Å². The zero-order valence-electron chi connectivity index (χ0n) is 13.5. The fourth-order valence-electron chi connectivity index (χ4n) is 3.70. The van der Waals surface area contributed by atoms with Crippen molar-refractivity contribution >= 4 is 23.0 Å². The smallest absolute Gasteiger partial charge is 0.296 e. The molecule has 0 aliphatic heterocycles. The summed E-state index contributed by atoms with van der Waals surface area (Å²) in [5, 5.41) is 2.85. The molecule has 2 aromatic rings. The molecule has 24 heavy (non-hydrogen) atoms. The molecule has 0 unspecified atom stereocenters. The van der Waals surface area contributed by atoms with Gasteiger partial charge >= 0.3 is 0 Å². The summed E-state index contributed by atoms with van der Waals surface area (Å²) in [6, 6.07) is 13.7. The lowest BCUT2D eigenvalue weighted by Crippen LogP contribution is -2.24. The van der Waals surface area contributed by atoms with E-state index in [1.807, 2.05) is 42.5 Å². The van der Waals surface area contributed by atoms with Crippen molar-refractivity contribution in [2.24, 2.45) is 0 Å². The SMILES string of the molecule is O=C(Nc1cccc2c1CCCC2)C(=O)C1=CCc2ccccc21. The van der Waals surface area contributed by atoms with E-state index in [1.165, 1.54) is 17.5 Å². The van der Waals surface area contributed by atoms with Crippen molar-refractivity contribution in [1.29, 1.82) is 0 Å². The van der Waals surface area contributed by atoms with Crippen molar-refractivity contribution in [2.75, 3.05) is 5.32 Å². The van der Waals surface area contributed by atoms with Gasteiger partial charge in [-0.25, -0.2) is 0 Å². The number of nitrogens with one attached hydrogen (secondary N) is 1. The normalized spacial score (nSPS) is 15.2. The second kappa shape index (κ2) is 6.08. The minimum atomic E-state index is -0.545. The van der Waals surface area contributed by atoms with Crippen molar-refractivity contribution in [3.8, 4) is 0 Å². The third-order valence-electron chi connectivity index (χ3n) is 4.93. The Morgan fingerprint density at radius 3 is 2.58 bits per heavy atom. The number of ketones is 1. The van der Waals surface area contributed by atoms with Gasteiger partial charge in [0, 0.05) is 11.3 Å². The molecule has 0 saturated heterocycles. The minimum Gasteiger partial charge on any atom is -0.319 e. The molecule has 0 heterocycles. The number of anilines is 1. The molecule has 1 amide bonds. The Morgan fingerprint density at radius 2 is 1.67 bits per heavy atom. The third-order valence-corrected chi connectivity index (χ3v) is 4.93. The lowest BCUT2D eigenvalue weighted by molar-refractivity contribution is -0.131. The Balaban J connectivity index is 1.57. The van der Waals surface area contributed by atoms with Gasteiger partial charge in [-0.2, -0.15) is 0 Å². The summed E-state index contributed by atoms with van der Waals surface area (Å²) in [5.74, 6) is -0.995. The fourth-order valence-corrected chi connectivity index (χ4v) is 3.70. The van der Waals surface area contributed by atoms with Gasteiger partial charge in [0.05, 0.1) is 0 Å². The number of Topliss-reactive ketones (excluding diaryl/α,β-unsaturated/α-hetero) is 1. The van der Waals surface area contributed by atoms with E-state index >= 15 is 0 Å². The molecular formula is C21H19NO2. The van der Waals surface area contributed by atoms with Crippen molar-refractivity contribution in [2.45, 2.75) is 32.1 Å². The van der Waals surface area contributed by atoms with E-state index in [9.17, 15) is 9.59 Å². The molecule has 0 spiro atoms. The van der Waals surface area contributed by atoms with Gasteiger partial charge in [-0.3, -0.25) is 9.59 Å². The molecule has 0 radical (unpaired) electrons. The predicted octanol–water partition coefficient (Wildman–Crippen LogP) is 3.71. The standard InChI is InChI=1S/C21H19NO2/c23-20(18-13-12-15-7-1-3-9-16(15)18)21(24)22-19-11-5-8-14-6-2-4-10-17(14)19/h1,3,5,7-9,11,13H,2,4,6,10,12H2,(H,22,24). The Kier molecular flexibility index (Phi) is 3.77. The maximum Gasteiger partial charge on any atom is 0.296 e. The van der Waals surface area contributed by atoms with E-state index in [2.05, 4.69) is 11.4 Å². The Bertz CT molecular complexity index is 864. The topological polar surface area (TPSA) is 46.2 Å². The highest BCUT2D eigenvalue weighted by atomic mass is 16.2. The summed E-state index contributed by atoms with van der Waals surface area (Å²) < 4.78 is 0. The second-order valence-electron chi connectivity index (χ2n) is 6.41. The van der Waals surface area contributed by atoms with Crippen LogP contribution in [0.25, 0.3) is 5.57 Å². The van der Waals surface area contributed by atoms with Crippen LogP contribution in [0, 0.1) is 0 Å². The van der Waals surface area contributed by atoms with Gasteiger partial charge in [0.15, 0.2) is 0 Å². The molecule has 0 saturated carbocycles. The lowest BCUT2D eigenvalue weighted by atomic mass is 9.90. The maximum atomic E-state index is 12.6. The van der Waals surface area contributed by atoms with Crippen LogP contribution in [0.3, 0.4) is 0 Å². The highest BCUT2D eigenvalue weighted by molar-refractivity contribution is 6.56. The summed E-state index contributed by atoms with van der Waals surface area (Å²) in [7, 11) is 0. The highest BCUT2D eigenvalue weighted by Gasteiger charge is 2.26. The lowest BCUT2D eigenvalue weighted by Gasteiger charge is -2.19. The molecule has 3 nitrogen and oxygen atoms in total. The van der Waals surface area contributed by atoms with Crippen LogP contribution in [0.2, 0.25) is 0 Å². The number of rotatable bonds is 3. The van der Waals surface area contributed by atoms with Gasteiger partial charge in [0.1, 0.15) is 0 Å². The first-order chi connectivity index (χ1) is 11.7. The number of carbonyl (C=O) groups excluding carboxylic acids is 2. The van der Waals surface area contributed by atoms with Crippen LogP contribution in [-0.2, 0) is 28.9 Å². The van der Waals surface area contributed by atoms with Crippen molar-refractivity contribution in [3.05, 3.63) is 70.8 Å². The highest BCUT2D eigenvalue weighted by Crippen LogP contribution is 2.30. The monoisotopic (exact) mass is 317 g/mol. The van der Waals surface area contributed by atoms with Crippen LogP contribution in [0.1, 0.15) is 35.1 Å². The molecule has 4 rings (SSSR count). The average Bonchev–Trinajstić information content (AvgIpc) is 3.05. The predicted molar refractivity (Wildman–Crippen MR) is 94.8 cm³/mol. The molecule has 0 bridgehead atoms. The molecule has 120 valence electrons. The molecule has 0 fully saturated rings. The van der Waals surface area contributed by atoms with Gasteiger partial charge in [-0.05, 0) is 60.4 Å². The summed E-state index contributed by atoms with van der Waals surface area (Å²) >= 11 is 0. The first kappa shape index (κ1) is 14.9. The quantitative estimate of drug-likeness (QED) is 0.877. The van der Waals surface area contributed by atoms with Gasteiger partial charge < -0.3 is 5.32 Å². The zero-order valence-corrected chi connectivity index (χ0v) is 13.5. The number of benzene rings is 2. The van der Waals surface area contributed by atoms with E-state index in [1.54, 1.807) is 0 Å². The molecule has 0 aromatic heterocycles. The van der Waals surface area contributed by atoms with Crippen LogP contribution >= 0.6 is 0 Å². The largest absolute Gasteiger partial charge is 0.319 e. The van der Waals surface area contributed by atoms with E-state index in [-0.39, 0.29) is 0 Å². The molecule has 1 N–H and O–H groups in total. The second-order valence-corrected chi connectivity index (χ2v) is 6.41. The van der Waals surface area contributed by atoms with E-state index in [4.69, 9.17) is 0 Å². The third kappa shape index (κ3) is 2.56. The van der Waals surface area contributed by atoms with Crippen LogP contribution in [-0.4, -0.2) is 11.7 Å². The summed E-state index contributed by atoms with van der Waals surface area (Å²) in [4.78, 5) is 25.1. The number of hydrogen-bond donors (Lipinski definition) is 1. The Hall–Kier alpha value is -2.68. The Morgan fingerprint density at radius 1 is 0.875 bits per heavy atom. The van der Waals surface area contributed by atoms with E-state index in [0.29, 0.717) is 12.0 Å². The first-order valence-corrected chi connectivity index (χ1v) is 8.49. The Labute approximate surface area is 141 Å². The van der Waals surface area contributed by atoms with Gasteiger partial charge in [-0.15, -0.1) is 0 Å². The number of fused-ring (bicyclic) bond motifs is 2. The number of carbonyl (C=O) groups is 2. The van der Waals surface area contributed by atoms with Crippen LogP contribution in [0.15, 0.2) is 48.5 Å². The fraction of sp³-hybridized carbons (Fsp3) is 0.238. The minimum absolute atomic E-state index is 0.451. The number of aryl methyl sites for hydroxylation is 1. The van der Waals surface area contributed by atoms with E-state index < -0.39 is 11.7 Å². The van der Waals surface area contributed by atoms with Crippen molar-refractivity contribution in [1.82, 2.24) is 0 Å². The summed E-state index contributed by atoms with van der Waals surface area (Å²) in [5.41, 5.74) is 5.77. The maximum absolute atomic E-state index is 12.6. The molecular weight excluding hydrogens is 298 g/mol. The van der Waals surface area contributed by atoms with Crippen molar-refractivity contribution in [3.63, 3.8) is 0 Å². The molecule has 2 aliphatic carbocycles.